The maximum Gasteiger partial charge on any atom is 0.416 e. The van der Waals surface area contributed by atoms with Gasteiger partial charge < -0.3 is 21.3 Å². The first-order valence-electron chi connectivity index (χ1n) is 11.1. The molecule has 4 aromatic rings. The lowest BCUT2D eigenvalue weighted by Crippen LogP contribution is -2.20. The van der Waals surface area contributed by atoms with E-state index in [-0.39, 0.29) is 11.8 Å². The molecule has 2 heterocycles. The Kier molecular flexibility index (Phi) is 7.56. The molecular weight excluding hydrogens is 528 g/mol. The van der Waals surface area contributed by atoms with Crippen LogP contribution in [0.4, 0.5) is 65.7 Å². The standard InChI is InChI=1S/C25H19F6N7O/c1-14-33-21(13-22(34-14)38-20-4-2-3-9-32-20)35-17-5-7-18(8-6-17)36-23(39)37-19-11-15(24(26,27)28)10-16(12-19)25(29,30)31/h2-13H,1H3,(H2,36,37,39)(H2,32,33,34,35,38). The number of rotatable bonds is 6. The zero-order valence-corrected chi connectivity index (χ0v) is 19.9. The number of aryl methyl sites for hydroxylation is 1. The van der Waals surface area contributed by atoms with E-state index in [4.69, 9.17) is 0 Å². The van der Waals surface area contributed by atoms with Gasteiger partial charge in [0.05, 0.1) is 11.1 Å². The van der Waals surface area contributed by atoms with E-state index in [2.05, 4.69) is 30.9 Å². The van der Waals surface area contributed by atoms with Gasteiger partial charge in [0.25, 0.3) is 0 Å². The Morgan fingerprint density at radius 2 is 1.23 bits per heavy atom. The molecule has 2 aromatic carbocycles. The summed E-state index contributed by atoms with van der Waals surface area (Å²) >= 11 is 0. The Balaban J connectivity index is 1.42. The van der Waals surface area contributed by atoms with E-state index < -0.39 is 35.2 Å². The summed E-state index contributed by atoms with van der Waals surface area (Å²) in [6.45, 7) is 1.71. The number of pyridine rings is 1. The summed E-state index contributed by atoms with van der Waals surface area (Å²) in [6.07, 6.45) is -8.44. The van der Waals surface area contributed by atoms with Crippen LogP contribution in [0, 0.1) is 6.92 Å². The van der Waals surface area contributed by atoms with E-state index in [1.165, 1.54) is 12.1 Å². The SMILES string of the molecule is Cc1nc(Nc2ccc(NC(=O)Nc3cc(C(F)(F)F)cc(C(F)(F)F)c3)cc2)cc(Nc2ccccn2)n1. The fraction of sp³-hybridized carbons (Fsp3) is 0.120. The lowest BCUT2D eigenvalue weighted by molar-refractivity contribution is -0.143. The minimum absolute atomic E-state index is 0.0223. The van der Waals surface area contributed by atoms with E-state index in [0.717, 1.165) is 0 Å². The Morgan fingerprint density at radius 3 is 1.79 bits per heavy atom. The lowest BCUT2D eigenvalue weighted by Gasteiger charge is -2.15. The summed E-state index contributed by atoms with van der Waals surface area (Å²) in [6, 6.07) is 13.0. The predicted molar refractivity (Wildman–Crippen MR) is 133 cm³/mol. The molecule has 202 valence electrons. The third kappa shape index (κ3) is 7.56. The third-order valence-electron chi connectivity index (χ3n) is 5.02. The number of amides is 2. The van der Waals surface area contributed by atoms with Crippen LogP contribution in [0.5, 0.6) is 0 Å². The van der Waals surface area contributed by atoms with Gasteiger partial charge in [0, 0.05) is 29.3 Å². The van der Waals surface area contributed by atoms with Gasteiger partial charge in [0.15, 0.2) is 0 Å². The molecule has 4 N–H and O–H groups in total. The minimum atomic E-state index is -5.03. The van der Waals surface area contributed by atoms with Gasteiger partial charge in [0.2, 0.25) is 0 Å². The topological polar surface area (TPSA) is 104 Å². The number of hydrogen-bond donors (Lipinski definition) is 4. The molecule has 0 spiro atoms. The summed E-state index contributed by atoms with van der Waals surface area (Å²) in [5.74, 6) is 2.04. The molecule has 8 nitrogen and oxygen atoms in total. The second-order valence-corrected chi connectivity index (χ2v) is 8.10. The Morgan fingerprint density at radius 1 is 0.667 bits per heavy atom. The molecule has 0 saturated heterocycles. The second-order valence-electron chi connectivity index (χ2n) is 8.10. The quantitative estimate of drug-likeness (QED) is 0.188. The molecule has 2 amide bonds. The molecule has 2 aromatic heterocycles. The summed E-state index contributed by atoms with van der Waals surface area (Å²) in [5.41, 5.74) is -2.93. The van der Waals surface area contributed by atoms with Gasteiger partial charge >= 0.3 is 18.4 Å². The van der Waals surface area contributed by atoms with E-state index in [1.807, 2.05) is 11.4 Å². The first-order chi connectivity index (χ1) is 18.3. The number of carbonyl (C=O) groups excluding carboxylic acids is 1. The van der Waals surface area contributed by atoms with E-state index >= 15 is 0 Å². The monoisotopic (exact) mass is 547 g/mol. The van der Waals surface area contributed by atoms with Crippen LogP contribution in [0.25, 0.3) is 0 Å². The van der Waals surface area contributed by atoms with Gasteiger partial charge in [-0.2, -0.15) is 26.3 Å². The third-order valence-corrected chi connectivity index (χ3v) is 5.02. The van der Waals surface area contributed by atoms with Gasteiger partial charge in [-0.25, -0.2) is 19.7 Å². The van der Waals surface area contributed by atoms with Crippen molar-refractivity contribution >= 4 is 40.5 Å². The number of benzene rings is 2. The van der Waals surface area contributed by atoms with Crippen LogP contribution < -0.4 is 21.3 Å². The molecule has 0 saturated carbocycles. The van der Waals surface area contributed by atoms with Crippen LogP contribution in [0.2, 0.25) is 0 Å². The summed E-state index contributed by atoms with van der Waals surface area (Å²) in [5, 5.41) is 10.5. The number of nitrogens with one attached hydrogen (secondary N) is 4. The van der Waals surface area contributed by atoms with Crippen LogP contribution in [-0.2, 0) is 12.4 Å². The smallest absolute Gasteiger partial charge is 0.340 e. The number of nitrogens with zero attached hydrogens (tertiary/aromatic N) is 3. The normalized spacial score (nSPS) is 11.6. The first kappa shape index (κ1) is 27.2. The fourth-order valence-corrected chi connectivity index (χ4v) is 3.37. The average molecular weight is 547 g/mol. The average Bonchev–Trinajstić information content (AvgIpc) is 2.84. The fourth-order valence-electron chi connectivity index (χ4n) is 3.37. The van der Waals surface area contributed by atoms with Crippen molar-refractivity contribution in [2.45, 2.75) is 19.3 Å². The molecule has 39 heavy (non-hydrogen) atoms. The first-order valence-corrected chi connectivity index (χ1v) is 11.1. The van der Waals surface area contributed by atoms with Crippen LogP contribution in [0.15, 0.2) is 72.9 Å². The highest BCUT2D eigenvalue weighted by Gasteiger charge is 2.37. The van der Waals surface area contributed by atoms with Crippen molar-refractivity contribution in [2.24, 2.45) is 0 Å². The van der Waals surface area contributed by atoms with Crippen LogP contribution in [-0.4, -0.2) is 21.0 Å². The van der Waals surface area contributed by atoms with Crippen LogP contribution >= 0.6 is 0 Å². The Bertz CT molecular complexity index is 1430. The lowest BCUT2D eigenvalue weighted by atomic mass is 10.1. The number of carbonyl (C=O) groups is 1. The largest absolute Gasteiger partial charge is 0.416 e. The zero-order valence-electron chi connectivity index (χ0n) is 19.9. The highest BCUT2D eigenvalue weighted by Crippen LogP contribution is 2.37. The molecule has 0 aliphatic carbocycles. The molecule has 0 aliphatic rings. The van der Waals surface area contributed by atoms with Crippen molar-refractivity contribution < 1.29 is 31.1 Å². The van der Waals surface area contributed by atoms with Gasteiger partial charge in [-0.1, -0.05) is 6.07 Å². The minimum Gasteiger partial charge on any atom is -0.340 e. The Labute approximate surface area is 217 Å². The van der Waals surface area contributed by atoms with Gasteiger partial charge in [-0.05, 0) is 61.5 Å². The summed E-state index contributed by atoms with van der Waals surface area (Å²) in [4.78, 5) is 25.1. The number of anilines is 6. The Hall–Kier alpha value is -4.88. The van der Waals surface area contributed by atoms with Crippen molar-refractivity contribution in [3.8, 4) is 0 Å². The predicted octanol–water partition coefficient (Wildman–Crippen LogP) is 7.35. The van der Waals surface area contributed by atoms with Crippen molar-refractivity contribution in [3.63, 3.8) is 0 Å². The second kappa shape index (κ2) is 10.8. The summed E-state index contributed by atoms with van der Waals surface area (Å²) in [7, 11) is 0. The maximum absolute atomic E-state index is 13.0. The van der Waals surface area contributed by atoms with E-state index in [0.29, 0.717) is 41.1 Å². The van der Waals surface area contributed by atoms with Gasteiger partial charge in [-0.3, -0.25) is 0 Å². The number of alkyl halides is 6. The zero-order chi connectivity index (χ0) is 28.2. The molecule has 0 aliphatic heterocycles. The summed E-state index contributed by atoms with van der Waals surface area (Å²) < 4.78 is 78.2. The molecule has 4 rings (SSSR count). The molecule has 0 fully saturated rings. The highest BCUT2D eigenvalue weighted by molar-refractivity contribution is 6.00. The molecular formula is C25H19F6N7O. The van der Waals surface area contributed by atoms with Crippen LogP contribution in [0.3, 0.4) is 0 Å². The molecule has 14 heteroatoms. The molecule has 0 bridgehead atoms. The van der Waals surface area contributed by atoms with Crippen molar-refractivity contribution in [1.29, 1.82) is 0 Å². The number of urea groups is 1. The van der Waals surface area contributed by atoms with Crippen molar-refractivity contribution in [1.82, 2.24) is 15.0 Å². The van der Waals surface area contributed by atoms with Crippen LogP contribution in [0.1, 0.15) is 17.0 Å². The highest BCUT2D eigenvalue weighted by atomic mass is 19.4. The number of aromatic nitrogens is 3. The number of hydrogen-bond acceptors (Lipinski definition) is 6. The molecule has 0 unspecified atom stereocenters. The number of halogens is 6. The van der Waals surface area contributed by atoms with Gasteiger partial charge in [0.1, 0.15) is 23.3 Å². The van der Waals surface area contributed by atoms with Crippen molar-refractivity contribution in [3.05, 3.63) is 89.9 Å². The molecule has 0 atom stereocenters. The maximum atomic E-state index is 13.0. The van der Waals surface area contributed by atoms with E-state index in [1.54, 1.807) is 43.5 Å². The molecule has 0 radical (unpaired) electrons. The van der Waals surface area contributed by atoms with Gasteiger partial charge in [-0.15, -0.1) is 0 Å². The van der Waals surface area contributed by atoms with E-state index in [9.17, 15) is 31.1 Å². The van der Waals surface area contributed by atoms with Crippen molar-refractivity contribution in [2.75, 3.05) is 21.3 Å².